The van der Waals surface area contributed by atoms with Gasteiger partial charge in [-0.1, -0.05) is 0 Å². The number of halogens is 1. The van der Waals surface area contributed by atoms with Gasteiger partial charge >= 0.3 is 6.09 Å². The smallest absolute Gasteiger partial charge is 0.410 e. The fraction of sp³-hybridized carbons (Fsp3) is 0.733. The van der Waals surface area contributed by atoms with Gasteiger partial charge in [-0.25, -0.2) is 14.8 Å². The number of aromatic nitrogens is 3. The zero-order chi connectivity index (χ0) is 16.7. The van der Waals surface area contributed by atoms with Crippen LogP contribution in [0.3, 0.4) is 0 Å². The van der Waals surface area contributed by atoms with E-state index in [0.29, 0.717) is 5.95 Å². The minimum Gasteiger partial charge on any atom is -0.444 e. The SMILES string of the molecule is CC(C)(C)OC(=O)N1CCCC2(C1)CN(c1ncnc(Cl)n1)C2. The summed E-state index contributed by atoms with van der Waals surface area (Å²) < 4.78 is 5.49. The van der Waals surface area contributed by atoms with Crippen LogP contribution in [0.4, 0.5) is 10.7 Å². The lowest BCUT2D eigenvalue weighted by Gasteiger charge is -2.54. The Bertz CT molecular complexity index is 598. The number of rotatable bonds is 1. The normalized spacial score (nSPS) is 20.3. The van der Waals surface area contributed by atoms with Crippen LogP contribution < -0.4 is 4.90 Å². The van der Waals surface area contributed by atoms with E-state index in [-0.39, 0.29) is 16.8 Å². The molecule has 7 nitrogen and oxygen atoms in total. The highest BCUT2D eigenvalue weighted by Gasteiger charge is 2.48. The van der Waals surface area contributed by atoms with Crippen molar-refractivity contribution in [1.29, 1.82) is 0 Å². The van der Waals surface area contributed by atoms with Crippen LogP contribution in [0.25, 0.3) is 0 Å². The molecule has 2 fully saturated rings. The van der Waals surface area contributed by atoms with Gasteiger partial charge in [-0.2, -0.15) is 4.98 Å². The van der Waals surface area contributed by atoms with Gasteiger partial charge in [0, 0.05) is 31.6 Å². The van der Waals surface area contributed by atoms with E-state index in [9.17, 15) is 4.79 Å². The van der Waals surface area contributed by atoms with E-state index in [1.807, 2.05) is 25.7 Å². The van der Waals surface area contributed by atoms with Crippen molar-refractivity contribution in [2.75, 3.05) is 31.1 Å². The van der Waals surface area contributed by atoms with Crippen LogP contribution in [-0.4, -0.2) is 57.7 Å². The van der Waals surface area contributed by atoms with Crippen molar-refractivity contribution in [3.05, 3.63) is 11.6 Å². The number of hydrogen-bond donors (Lipinski definition) is 0. The number of hydrogen-bond acceptors (Lipinski definition) is 6. The molecule has 0 atom stereocenters. The Morgan fingerprint density at radius 3 is 2.70 bits per heavy atom. The zero-order valence-corrected chi connectivity index (χ0v) is 14.5. The fourth-order valence-corrected chi connectivity index (χ4v) is 3.39. The van der Waals surface area contributed by atoms with Gasteiger partial charge in [-0.15, -0.1) is 0 Å². The average Bonchev–Trinajstić information content (AvgIpc) is 2.43. The van der Waals surface area contributed by atoms with Crippen LogP contribution in [0.2, 0.25) is 5.28 Å². The molecule has 1 amide bonds. The minimum absolute atomic E-state index is 0.105. The molecular formula is C15H22ClN5O2. The van der Waals surface area contributed by atoms with Crippen LogP contribution in [0.1, 0.15) is 33.6 Å². The molecule has 23 heavy (non-hydrogen) atoms. The number of anilines is 1. The van der Waals surface area contributed by atoms with Crippen molar-refractivity contribution in [1.82, 2.24) is 19.9 Å². The highest BCUT2D eigenvalue weighted by Crippen LogP contribution is 2.40. The molecule has 2 aliphatic rings. The number of nitrogens with zero attached hydrogens (tertiary/aromatic N) is 5. The number of ether oxygens (including phenoxy) is 1. The summed E-state index contributed by atoms with van der Waals surface area (Å²) in [5.74, 6) is 0.602. The molecular weight excluding hydrogens is 318 g/mol. The highest BCUT2D eigenvalue weighted by molar-refractivity contribution is 6.28. The summed E-state index contributed by atoms with van der Waals surface area (Å²) in [4.78, 5) is 28.3. The van der Waals surface area contributed by atoms with Crippen LogP contribution in [0, 0.1) is 5.41 Å². The van der Waals surface area contributed by atoms with Crippen molar-refractivity contribution in [3.8, 4) is 0 Å². The van der Waals surface area contributed by atoms with E-state index in [0.717, 1.165) is 39.0 Å². The van der Waals surface area contributed by atoms with Crippen molar-refractivity contribution in [3.63, 3.8) is 0 Å². The molecule has 1 aromatic heterocycles. The Morgan fingerprint density at radius 1 is 1.30 bits per heavy atom. The molecule has 2 aliphatic heterocycles. The lowest BCUT2D eigenvalue weighted by Crippen LogP contribution is -2.64. The van der Waals surface area contributed by atoms with Gasteiger partial charge in [0.1, 0.15) is 11.9 Å². The molecule has 0 saturated carbocycles. The lowest BCUT2D eigenvalue weighted by atomic mass is 9.73. The van der Waals surface area contributed by atoms with Gasteiger partial charge in [0.05, 0.1) is 0 Å². The molecule has 1 aromatic rings. The third kappa shape index (κ3) is 3.65. The second-order valence-electron chi connectivity index (χ2n) is 7.42. The Kier molecular flexibility index (Phi) is 4.08. The molecule has 0 N–H and O–H groups in total. The second kappa shape index (κ2) is 5.78. The molecule has 3 heterocycles. The number of amides is 1. The number of carbonyl (C=O) groups excluding carboxylic acids is 1. The van der Waals surface area contributed by atoms with Crippen molar-refractivity contribution in [2.45, 2.75) is 39.2 Å². The van der Waals surface area contributed by atoms with Crippen LogP contribution in [0.15, 0.2) is 6.33 Å². The Morgan fingerprint density at radius 2 is 2.04 bits per heavy atom. The van der Waals surface area contributed by atoms with Crippen LogP contribution in [-0.2, 0) is 4.74 Å². The second-order valence-corrected chi connectivity index (χ2v) is 7.75. The number of piperidine rings is 1. The first kappa shape index (κ1) is 16.2. The van der Waals surface area contributed by atoms with E-state index in [1.165, 1.54) is 6.33 Å². The summed E-state index contributed by atoms with van der Waals surface area (Å²) >= 11 is 5.82. The molecule has 1 spiro atoms. The first-order valence-electron chi connectivity index (χ1n) is 7.84. The fourth-order valence-electron chi connectivity index (χ4n) is 3.27. The van der Waals surface area contributed by atoms with E-state index in [4.69, 9.17) is 16.3 Å². The van der Waals surface area contributed by atoms with Crippen LogP contribution in [0.5, 0.6) is 0 Å². The Hall–Kier alpha value is -1.63. The summed E-state index contributed by atoms with van der Waals surface area (Å²) in [6.07, 6.45) is 3.29. The van der Waals surface area contributed by atoms with Crippen molar-refractivity contribution >= 4 is 23.6 Å². The standard InChI is InChI=1S/C15H22ClN5O2/c1-14(2,3)23-13(22)20-6-4-5-15(7-20)8-21(9-15)12-18-10-17-11(16)19-12/h10H,4-9H2,1-3H3. The zero-order valence-electron chi connectivity index (χ0n) is 13.8. The molecule has 126 valence electrons. The van der Waals surface area contributed by atoms with Gasteiger partial charge < -0.3 is 14.5 Å². The maximum absolute atomic E-state index is 12.3. The van der Waals surface area contributed by atoms with Crippen molar-refractivity contribution in [2.24, 2.45) is 5.41 Å². The van der Waals surface area contributed by atoms with Gasteiger partial charge in [0.2, 0.25) is 11.2 Å². The minimum atomic E-state index is -0.463. The van der Waals surface area contributed by atoms with E-state index >= 15 is 0 Å². The van der Waals surface area contributed by atoms with Gasteiger partial charge in [-0.3, -0.25) is 0 Å². The summed E-state index contributed by atoms with van der Waals surface area (Å²) in [7, 11) is 0. The maximum Gasteiger partial charge on any atom is 0.410 e. The molecule has 2 saturated heterocycles. The first-order valence-corrected chi connectivity index (χ1v) is 8.22. The van der Waals surface area contributed by atoms with Gasteiger partial charge in [0.25, 0.3) is 0 Å². The predicted octanol–water partition coefficient (Wildman–Crippen LogP) is 2.36. The van der Waals surface area contributed by atoms with E-state index in [2.05, 4.69) is 19.9 Å². The first-order chi connectivity index (χ1) is 10.8. The summed E-state index contributed by atoms with van der Waals surface area (Å²) in [5.41, 5.74) is -0.358. The predicted molar refractivity (Wildman–Crippen MR) is 86.5 cm³/mol. The largest absolute Gasteiger partial charge is 0.444 e. The molecule has 8 heteroatoms. The number of carbonyl (C=O) groups is 1. The topological polar surface area (TPSA) is 71.5 Å². The Labute approximate surface area is 141 Å². The summed E-state index contributed by atoms with van der Waals surface area (Å²) in [5, 5.41) is 0.204. The Balaban J connectivity index is 1.61. The maximum atomic E-state index is 12.3. The quantitative estimate of drug-likeness (QED) is 0.782. The average molecular weight is 340 g/mol. The lowest BCUT2D eigenvalue weighted by molar-refractivity contribution is -0.00166. The summed E-state index contributed by atoms with van der Waals surface area (Å²) in [6, 6.07) is 0. The van der Waals surface area contributed by atoms with Gasteiger partial charge in [0.15, 0.2) is 0 Å². The number of likely N-dealkylation sites (tertiary alicyclic amines) is 1. The molecule has 0 bridgehead atoms. The van der Waals surface area contributed by atoms with Crippen LogP contribution >= 0.6 is 11.6 Å². The monoisotopic (exact) mass is 339 g/mol. The third-order valence-electron chi connectivity index (χ3n) is 4.18. The molecule has 0 aliphatic carbocycles. The molecule has 0 radical (unpaired) electrons. The van der Waals surface area contributed by atoms with Crippen molar-refractivity contribution < 1.29 is 9.53 Å². The molecule has 0 aromatic carbocycles. The van der Waals surface area contributed by atoms with E-state index < -0.39 is 5.60 Å². The summed E-state index contributed by atoms with van der Waals surface area (Å²) in [6.45, 7) is 8.80. The molecule has 3 rings (SSSR count). The van der Waals surface area contributed by atoms with E-state index in [1.54, 1.807) is 0 Å². The molecule has 0 unspecified atom stereocenters. The van der Waals surface area contributed by atoms with Gasteiger partial charge in [-0.05, 0) is 45.2 Å². The third-order valence-corrected chi connectivity index (χ3v) is 4.36. The highest BCUT2D eigenvalue weighted by atomic mass is 35.5.